The van der Waals surface area contributed by atoms with E-state index in [4.69, 9.17) is 4.74 Å². The van der Waals surface area contributed by atoms with Gasteiger partial charge in [0.05, 0.1) is 18.2 Å². The number of aliphatic hydroxyl groups is 1. The number of aryl methyl sites for hydroxylation is 1. The maximum Gasteiger partial charge on any atom is 0.300 e. The van der Waals surface area contributed by atoms with Gasteiger partial charge in [0.25, 0.3) is 11.7 Å². The predicted octanol–water partition coefficient (Wildman–Crippen LogP) is 6.91. The van der Waals surface area contributed by atoms with Crippen molar-refractivity contribution in [3.63, 3.8) is 0 Å². The summed E-state index contributed by atoms with van der Waals surface area (Å²) >= 11 is 3.47. The maximum absolute atomic E-state index is 13.3. The molecule has 0 spiro atoms. The largest absolute Gasteiger partial charge is 0.507 e. The highest BCUT2D eigenvalue weighted by molar-refractivity contribution is 9.10. The number of aliphatic hydroxyl groups excluding tert-OH is 1. The molecule has 1 saturated heterocycles. The molecule has 0 aromatic heterocycles. The zero-order valence-electron chi connectivity index (χ0n) is 20.2. The minimum atomic E-state index is -0.778. The van der Waals surface area contributed by atoms with Gasteiger partial charge in [0.1, 0.15) is 11.5 Å². The Kier molecular flexibility index (Phi) is 7.13. The fourth-order valence-electron chi connectivity index (χ4n) is 4.29. The molecule has 5 nitrogen and oxygen atoms in total. The molecule has 6 heteroatoms. The van der Waals surface area contributed by atoms with E-state index in [-0.39, 0.29) is 11.3 Å². The van der Waals surface area contributed by atoms with Crippen LogP contribution >= 0.6 is 15.9 Å². The summed E-state index contributed by atoms with van der Waals surface area (Å²) in [6, 6.07) is 19.5. The van der Waals surface area contributed by atoms with E-state index in [9.17, 15) is 14.7 Å². The van der Waals surface area contributed by atoms with Gasteiger partial charge in [-0.2, -0.15) is 0 Å². The number of amides is 1. The van der Waals surface area contributed by atoms with Crippen LogP contribution in [0.15, 0.2) is 76.8 Å². The topological polar surface area (TPSA) is 66.8 Å². The number of halogens is 1. The van der Waals surface area contributed by atoms with Crippen LogP contribution in [0.3, 0.4) is 0 Å². The second kappa shape index (κ2) is 10.1. The summed E-state index contributed by atoms with van der Waals surface area (Å²) in [7, 11) is 0. The van der Waals surface area contributed by atoms with Gasteiger partial charge in [0.15, 0.2) is 0 Å². The van der Waals surface area contributed by atoms with E-state index in [1.54, 1.807) is 12.1 Å². The van der Waals surface area contributed by atoms with E-state index in [0.717, 1.165) is 15.6 Å². The zero-order chi connectivity index (χ0) is 25.3. The minimum Gasteiger partial charge on any atom is -0.507 e. The van der Waals surface area contributed by atoms with Gasteiger partial charge in [-0.1, -0.05) is 60.1 Å². The van der Waals surface area contributed by atoms with Crippen molar-refractivity contribution in [3.05, 3.63) is 99.0 Å². The third-order valence-electron chi connectivity index (χ3n) is 6.22. The van der Waals surface area contributed by atoms with E-state index in [2.05, 4.69) is 29.8 Å². The molecule has 35 heavy (non-hydrogen) atoms. The first-order valence-electron chi connectivity index (χ1n) is 11.6. The number of benzene rings is 3. The van der Waals surface area contributed by atoms with E-state index >= 15 is 0 Å². The summed E-state index contributed by atoms with van der Waals surface area (Å²) < 4.78 is 6.46. The van der Waals surface area contributed by atoms with Crippen LogP contribution in [0, 0.1) is 6.92 Å². The van der Waals surface area contributed by atoms with Gasteiger partial charge in [0.2, 0.25) is 0 Å². The predicted molar refractivity (Wildman–Crippen MR) is 142 cm³/mol. The molecule has 1 heterocycles. The number of hydrogen-bond acceptors (Lipinski definition) is 4. The van der Waals surface area contributed by atoms with E-state index in [0.29, 0.717) is 35.1 Å². The molecule has 1 atom stereocenters. The second-order valence-corrected chi connectivity index (χ2v) is 9.74. The summed E-state index contributed by atoms with van der Waals surface area (Å²) in [6.45, 7) is 8.54. The molecule has 3 aromatic rings. The van der Waals surface area contributed by atoms with Crippen LogP contribution in [0.1, 0.15) is 55.0 Å². The fraction of sp³-hybridized carbons (Fsp3) is 0.241. The van der Waals surface area contributed by atoms with Gasteiger partial charge >= 0.3 is 0 Å². The summed E-state index contributed by atoms with van der Waals surface area (Å²) in [4.78, 5) is 28.2. The van der Waals surface area contributed by atoms with Gasteiger partial charge in [-0.25, -0.2) is 0 Å². The molecule has 1 amide bonds. The summed E-state index contributed by atoms with van der Waals surface area (Å²) in [5.41, 5.74) is 3.89. The Morgan fingerprint density at radius 3 is 2.26 bits per heavy atom. The average Bonchev–Trinajstić information content (AvgIpc) is 3.11. The third kappa shape index (κ3) is 4.76. The Hall–Kier alpha value is -3.38. The number of carbonyl (C=O) groups is 2. The number of hydrogen-bond donors (Lipinski definition) is 1. The zero-order valence-corrected chi connectivity index (χ0v) is 21.8. The van der Waals surface area contributed by atoms with E-state index in [1.165, 1.54) is 4.90 Å². The lowest BCUT2D eigenvalue weighted by Gasteiger charge is -2.26. The van der Waals surface area contributed by atoms with Crippen molar-refractivity contribution < 1.29 is 19.4 Å². The Morgan fingerprint density at radius 2 is 1.69 bits per heavy atom. The maximum atomic E-state index is 13.3. The number of carbonyl (C=O) groups excluding carboxylic acids is 2. The van der Waals surface area contributed by atoms with Crippen molar-refractivity contribution in [1.82, 2.24) is 0 Å². The van der Waals surface area contributed by atoms with Gasteiger partial charge in [-0.05, 0) is 72.9 Å². The number of ketones is 1. The van der Waals surface area contributed by atoms with Crippen molar-refractivity contribution in [2.45, 2.75) is 39.7 Å². The first-order chi connectivity index (χ1) is 16.7. The van der Waals surface area contributed by atoms with Crippen molar-refractivity contribution >= 4 is 39.1 Å². The molecular weight excluding hydrogens is 506 g/mol. The Labute approximate surface area is 214 Å². The van der Waals surface area contributed by atoms with Crippen molar-refractivity contribution in [1.29, 1.82) is 0 Å². The molecule has 1 aliphatic heterocycles. The van der Waals surface area contributed by atoms with Crippen LogP contribution in [0.2, 0.25) is 0 Å². The normalized spacial score (nSPS) is 17.3. The molecule has 3 aromatic carbocycles. The summed E-state index contributed by atoms with van der Waals surface area (Å²) in [5, 5.41) is 11.3. The van der Waals surface area contributed by atoms with E-state index < -0.39 is 17.7 Å². The minimum absolute atomic E-state index is 0.0637. The number of rotatable bonds is 6. The Morgan fingerprint density at radius 1 is 1.03 bits per heavy atom. The highest BCUT2D eigenvalue weighted by Crippen LogP contribution is 2.43. The molecule has 1 N–H and O–H groups in total. The average molecular weight is 534 g/mol. The van der Waals surface area contributed by atoms with Crippen LogP contribution in [0.4, 0.5) is 5.69 Å². The highest BCUT2D eigenvalue weighted by Gasteiger charge is 2.47. The SMILES string of the molecule is CCOc1ccc(C2/C(=C(/O)c3ccc(Br)c(C)c3)C(=O)C(=O)N2c2ccc(C(C)C)cc2)cc1. The molecule has 0 radical (unpaired) electrons. The number of anilines is 1. The summed E-state index contributed by atoms with van der Waals surface area (Å²) in [6.07, 6.45) is 0. The monoisotopic (exact) mass is 533 g/mol. The lowest BCUT2D eigenvalue weighted by atomic mass is 9.94. The van der Waals surface area contributed by atoms with Crippen LogP contribution in [0.25, 0.3) is 5.76 Å². The molecule has 0 saturated carbocycles. The first kappa shape index (κ1) is 24.7. The Bertz CT molecular complexity index is 1290. The van der Waals surface area contributed by atoms with Crippen LogP contribution in [-0.4, -0.2) is 23.4 Å². The molecule has 180 valence electrons. The molecule has 1 aliphatic rings. The fourth-order valence-corrected chi connectivity index (χ4v) is 4.54. The van der Waals surface area contributed by atoms with Crippen LogP contribution < -0.4 is 9.64 Å². The quantitative estimate of drug-likeness (QED) is 0.212. The standard InChI is InChI=1S/C29H28BrNO4/c1-5-35-23-13-8-20(9-14-23)26-25(27(32)21-10-15-24(30)18(4)16-21)28(33)29(34)31(26)22-11-6-19(7-12-22)17(2)3/h6-17,26,32H,5H2,1-4H3/b27-25-. The molecular formula is C29H28BrNO4. The highest BCUT2D eigenvalue weighted by atomic mass is 79.9. The van der Waals surface area contributed by atoms with Gasteiger partial charge < -0.3 is 9.84 Å². The van der Waals surface area contributed by atoms with Gasteiger partial charge in [-0.3, -0.25) is 14.5 Å². The van der Waals surface area contributed by atoms with Crippen LogP contribution in [0.5, 0.6) is 5.75 Å². The molecule has 0 bridgehead atoms. The Balaban J connectivity index is 1.89. The van der Waals surface area contributed by atoms with Crippen molar-refractivity contribution in [2.75, 3.05) is 11.5 Å². The lowest BCUT2D eigenvalue weighted by molar-refractivity contribution is -0.132. The smallest absolute Gasteiger partial charge is 0.300 e. The second-order valence-electron chi connectivity index (χ2n) is 8.88. The number of Topliss-reactive ketones (excluding diaryl/α,β-unsaturated/α-hetero) is 1. The molecule has 1 unspecified atom stereocenters. The van der Waals surface area contributed by atoms with Crippen molar-refractivity contribution in [3.8, 4) is 5.75 Å². The van der Waals surface area contributed by atoms with Crippen LogP contribution in [-0.2, 0) is 9.59 Å². The van der Waals surface area contributed by atoms with Crippen molar-refractivity contribution in [2.24, 2.45) is 0 Å². The summed E-state index contributed by atoms with van der Waals surface area (Å²) in [5.74, 6) is -0.550. The van der Waals surface area contributed by atoms with Gasteiger partial charge in [-0.15, -0.1) is 0 Å². The number of nitrogens with zero attached hydrogens (tertiary/aromatic N) is 1. The first-order valence-corrected chi connectivity index (χ1v) is 12.4. The number of ether oxygens (including phenoxy) is 1. The molecule has 1 fully saturated rings. The molecule has 4 rings (SSSR count). The van der Waals surface area contributed by atoms with E-state index in [1.807, 2.05) is 68.4 Å². The molecule has 0 aliphatic carbocycles. The third-order valence-corrected chi connectivity index (χ3v) is 7.11. The lowest BCUT2D eigenvalue weighted by Crippen LogP contribution is -2.29. The van der Waals surface area contributed by atoms with Gasteiger partial charge in [0, 0.05) is 15.7 Å².